The summed E-state index contributed by atoms with van der Waals surface area (Å²) in [6, 6.07) is 9.46. The monoisotopic (exact) mass is 273 g/mol. The summed E-state index contributed by atoms with van der Waals surface area (Å²) in [4.78, 5) is 13.3. The standard InChI is InChI=1S/C15H19N3O2/c1-12(19)17-14-6-7-18(11-14)8-9-20-15-4-2-13(10-16)3-5-15/h2-5,14H,6-9,11H2,1H3,(H,17,19). The lowest BCUT2D eigenvalue weighted by atomic mass is 10.2. The van der Waals surface area contributed by atoms with Crippen LogP contribution >= 0.6 is 0 Å². The van der Waals surface area contributed by atoms with E-state index >= 15 is 0 Å². The molecule has 1 aromatic rings. The van der Waals surface area contributed by atoms with Crippen molar-refractivity contribution in [2.45, 2.75) is 19.4 Å². The second-order valence-corrected chi connectivity index (χ2v) is 4.97. The summed E-state index contributed by atoms with van der Waals surface area (Å²) in [5.74, 6) is 0.812. The van der Waals surface area contributed by atoms with Crippen molar-refractivity contribution in [1.29, 1.82) is 5.26 Å². The molecule has 0 spiro atoms. The number of nitriles is 1. The van der Waals surface area contributed by atoms with Crippen molar-refractivity contribution in [3.63, 3.8) is 0 Å². The first-order valence-electron chi connectivity index (χ1n) is 6.80. The van der Waals surface area contributed by atoms with E-state index < -0.39 is 0 Å². The van der Waals surface area contributed by atoms with E-state index in [1.54, 1.807) is 19.1 Å². The zero-order chi connectivity index (χ0) is 14.4. The first kappa shape index (κ1) is 14.4. The molecule has 1 aliphatic heterocycles. The minimum absolute atomic E-state index is 0.0330. The highest BCUT2D eigenvalue weighted by atomic mass is 16.5. The summed E-state index contributed by atoms with van der Waals surface area (Å²) < 4.78 is 5.65. The van der Waals surface area contributed by atoms with Crippen LogP contribution in [0.2, 0.25) is 0 Å². The zero-order valence-corrected chi connectivity index (χ0v) is 11.6. The smallest absolute Gasteiger partial charge is 0.217 e. The van der Waals surface area contributed by atoms with Gasteiger partial charge in [0.15, 0.2) is 0 Å². The zero-order valence-electron chi connectivity index (χ0n) is 11.6. The number of hydrogen-bond donors (Lipinski definition) is 1. The molecule has 0 aromatic heterocycles. The van der Waals surface area contributed by atoms with Crippen molar-refractivity contribution in [3.05, 3.63) is 29.8 Å². The number of ether oxygens (including phenoxy) is 1. The van der Waals surface area contributed by atoms with E-state index in [0.29, 0.717) is 12.2 Å². The number of benzene rings is 1. The van der Waals surface area contributed by atoms with Crippen molar-refractivity contribution in [1.82, 2.24) is 10.2 Å². The molecule has 1 amide bonds. The van der Waals surface area contributed by atoms with Crippen LogP contribution in [0.25, 0.3) is 0 Å². The summed E-state index contributed by atoms with van der Waals surface area (Å²) in [6.45, 7) is 4.88. The van der Waals surface area contributed by atoms with Crippen LogP contribution < -0.4 is 10.1 Å². The largest absolute Gasteiger partial charge is 0.492 e. The minimum Gasteiger partial charge on any atom is -0.492 e. The Labute approximate surface area is 119 Å². The van der Waals surface area contributed by atoms with Crippen LogP contribution in [0.5, 0.6) is 5.75 Å². The summed E-state index contributed by atoms with van der Waals surface area (Å²) >= 11 is 0. The summed E-state index contributed by atoms with van der Waals surface area (Å²) in [5.41, 5.74) is 0.634. The van der Waals surface area contributed by atoms with Crippen molar-refractivity contribution >= 4 is 5.91 Å². The van der Waals surface area contributed by atoms with E-state index in [4.69, 9.17) is 10.00 Å². The highest BCUT2D eigenvalue weighted by Crippen LogP contribution is 2.12. The molecule has 1 heterocycles. The predicted octanol–water partition coefficient (Wildman–Crippen LogP) is 1.15. The Morgan fingerprint density at radius 3 is 2.90 bits per heavy atom. The Bertz CT molecular complexity index is 493. The quantitative estimate of drug-likeness (QED) is 0.874. The van der Waals surface area contributed by atoms with Crippen LogP contribution in [0.3, 0.4) is 0 Å². The van der Waals surface area contributed by atoms with E-state index in [2.05, 4.69) is 16.3 Å². The Morgan fingerprint density at radius 2 is 2.25 bits per heavy atom. The van der Waals surface area contributed by atoms with Gasteiger partial charge in [-0.05, 0) is 30.7 Å². The second-order valence-electron chi connectivity index (χ2n) is 4.97. The highest BCUT2D eigenvalue weighted by Gasteiger charge is 2.22. The normalized spacial score (nSPS) is 18.5. The molecule has 1 unspecified atom stereocenters. The van der Waals surface area contributed by atoms with Crippen molar-refractivity contribution in [2.75, 3.05) is 26.2 Å². The van der Waals surface area contributed by atoms with Gasteiger partial charge in [-0.2, -0.15) is 5.26 Å². The summed E-state index contributed by atoms with van der Waals surface area (Å²) in [5, 5.41) is 11.6. The third kappa shape index (κ3) is 4.25. The molecule has 1 N–H and O–H groups in total. The van der Waals surface area contributed by atoms with Gasteiger partial charge in [0.05, 0.1) is 11.6 Å². The Balaban J connectivity index is 1.68. The van der Waals surface area contributed by atoms with Gasteiger partial charge in [-0.15, -0.1) is 0 Å². The van der Waals surface area contributed by atoms with Crippen molar-refractivity contribution in [3.8, 4) is 11.8 Å². The molecule has 1 fully saturated rings. The lowest BCUT2D eigenvalue weighted by Gasteiger charge is -2.16. The molecule has 20 heavy (non-hydrogen) atoms. The maximum absolute atomic E-state index is 11.0. The number of rotatable bonds is 5. The Kier molecular flexibility index (Phi) is 4.97. The number of hydrogen-bond acceptors (Lipinski definition) is 4. The molecule has 1 aromatic carbocycles. The van der Waals surface area contributed by atoms with Crippen LogP contribution in [0, 0.1) is 11.3 Å². The molecule has 0 bridgehead atoms. The van der Waals surface area contributed by atoms with Crippen molar-refractivity contribution in [2.24, 2.45) is 0 Å². The van der Waals surface area contributed by atoms with Gasteiger partial charge in [0, 0.05) is 32.6 Å². The van der Waals surface area contributed by atoms with E-state index in [1.165, 1.54) is 0 Å². The molecule has 5 nitrogen and oxygen atoms in total. The van der Waals surface area contributed by atoms with Gasteiger partial charge in [0.1, 0.15) is 12.4 Å². The first-order chi connectivity index (χ1) is 9.67. The number of likely N-dealkylation sites (tertiary alicyclic amines) is 1. The molecule has 1 saturated heterocycles. The van der Waals surface area contributed by atoms with Crippen molar-refractivity contribution < 1.29 is 9.53 Å². The molecule has 1 atom stereocenters. The maximum Gasteiger partial charge on any atom is 0.217 e. The second kappa shape index (κ2) is 6.92. The number of nitrogens with zero attached hydrogens (tertiary/aromatic N) is 2. The molecule has 1 aliphatic rings. The Hall–Kier alpha value is -2.06. The van der Waals surface area contributed by atoms with Gasteiger partial charge in [-0.3, -0.25) is 9.69 Å². The van der Waals surface area contributed by atoms with Crippen LogP contribution in [0.4, 0.5) is 0 Å². The third-order valence-electron chi connectivity index (χ3n) is 3.34. The number of amides is 1. The van der Waals surface area contributed by atoms with Gasteiger partial charge in [-0.25, -0.2) is 0 Å². The molecular formula is C15H19N3O2. The van der Waals surface area contributed by atoms with Gasteiger partial charge < -0.3 is 10.1 Å². The fraction of sp³-hybridized carbons (Fsp3) is 0.467. The average Bonchev–Trinajstić information content (AvgIpc) is 2.86. The van der Waals surface area contributed by atoms with Crippen LogP contribution in [-0.2, 0) is 4.79 Å². The molecule has 0 aliphatic carbocycles. The first-order valence-corrected chi connectivity index (χ1v) is 6.80. The predicted molar refractivity (Wildman–Crippen MR) is 75.3 cm³/mol. The van der Waals surface area contributed by atoms with E-state index in [-0.39, 0.29) is 11.9 Å². The van der Waals surface area contributed by atoms with Crippen LogP contribution in [0.15, 0.2) is 24.3 Å². The fourth-order valence-corrected chi connectivity index (χ4v) is 2.36. The average molecular weight is 273 g/mol. The summed E-state index contributed by atoms with van der Waals surface area (Å²) in [6.07, 6.45) is 0.996. The van der Waals surface area contributed by atoms with E-state index in [9.17, 15) is 4.79 Å². The lowest BCUT2D eigenvalue weighted by Crippen LogP contribution is -2.36. The maximum atomic E-state index is 11.0. The topological polar surface area (TPSA) is 65.4 Å². The minimum atomic E-state index is 0.0330. The molecule has 0 radical (unpaired) electrons. The van der Waals surface area contributed by atoms with E-state index in [0.717, 1.165) is 31.8 Å². The molecule has 0 saturated carbocycles. The van der Waals surface area contributed by atoms with Gasteiger partial charge >= 0.3 is 0 Å². The van der Waals surface area contributed by atoms with Gasteiger partial charge in [-0.1, -0.05) is 0 Å². The molecular weight excluding hydrogens is 254 g/mol. The van der Waals surface area contributed by atoms with Gasteiger partial charge in [0.25, 0.3) is 0 Å². The lowest BCUT2D eigenvalue weighted by molar-refractivity contribution is -0.119. The van der Waals surface area contributed by atoms with Crippen LogP contribution in [-0.4, -0.2) is 43.1 Å². The third-order valence-corrected chi connectivity index (χ3v) is 3.34. The number of nitrogens with one attached hydrogen (secondary N) is 1. The molecule has 5 heteroatoms. The van der Waals surface area contributed by atoms with Gasteiger partial charge in [0.2, 0.25) is 5.91 Å². The Morgan fingerprint density at radius 1 is 1.50 bits per heavy atom. The summed E-state index contributed by atoms with van der Waals surface area (Å²) in [7, 11) is 0. The fourth-order valence-electron chi connectivity index (χ4n) is 2.36. The van der Waals surface area contributed by atoms with E-state index in [1.807, 2.05) is 12.1 Å². The highest BCUT2D eigenvalue weighted by molar-refractivity contribution is 5.73. The van der Waals surface area contributed by atoms with Crippen LogP contribution in [0.1, 0.15) is 18.9 Å². The number of carbonyl (C=O) groups excluding carboxylic acids is 1. The number of carbonyl (C=O) groups is 1. The SMILES string of the molecule is CC(=O)NC1CCN(CCOc2ccc(C#N)cc2)C1. The molecule has 106 valence electrons. The molecule has 2 rings (SSSR count).